The number of rotatable bonds is 4. The number of thioether (sulfide) groups is 1. The van der Waals surface area contributed by atoms with Crippen molar-refractivity contribution in [1.29, 1.82) is 5.26 Å². The highest BCUT2D eigenvalue weighted by Gasteiger charge is 2.20. The number of carbonyl (C=O) groups excluding carboxylic acids is 1. The number of nitrogens with one attached hydrogen (secondary N) is 1. The number of aryl methyl sites for hydroxylation is 4. The summed E-state index contributed by atoms with van der Waals surface area (Å²) in [6.07, 6.45) is 5.44. The van der Waals surface area contributed by atoms with E-state index in [1.54, 1.807) is 0 Å². The minimum absolute atomic E-state index is 0.0763. The Morgan fingerprint density at radius 1 is 1.22 bits per heavy atom. The van der Waals surface area contributed by atoms with Gasteiger partial charge in [0.2, 0.25) is 5.91 Å². The maximum absolute atomic E-state index is 12.7. The zero-order chi connectivity index (χ0) is 19.4. The lowest BCUT2D eigenvalue weighted by Gasteiger charge is -2.15. The van der Waals surface area contributed by atoms with Gasteiger partial charge in [0.15, 0.2) is 0 Å². The van der Waals surface area contributed by atoms with Crippen LogP contribution >= 0.6 is 11.8 Å². The molecule has 27 heavy (non-hydrogen) atoms. The molecule has 0 aliphatic heterocycles. The topological polar surface area (TPSA) is 65.8 Å². The van der Waals surface area contributed by atoms with Crippen molar-refractivity contribution in [2.75, 3.05) is 5.32 Å². The molecule has 1 aromatic heterocycles. The fourth-order valence-corrected chi connectivity index (χ4v) is 4.27. The lowest BCUT2D eigenvalue weighted by molar-refractivity contribution is -0.115. The predicted octanol–water partition coefficient (Wildman–Crippen LogP) is 4.96. The number of benzene rings is 1. The van der Waals surface area contributed by atoms with Gasteiger partial charge in [0.25, 0.3) is 0 Å². The predicted molar refractivity (Wildman–Crippen MR) is 110 cm³/mol. The Hall–Kier alpha value is -2.32. The summed E-state index contributed by atoms with van der Waals surface area (Å²) in [6.45, 7) is 5.88. The van der Waals surface area contributed by atoms with Crippen LogP contribution in [0.5, 0.6) is 0 Å². The second kappa shape index (κ2) is 8.58. The van der Waals surface area contributed by atoms with Gasteiger partial charge in [-0.1, -0.05) is 35.9 Å². The highest BCUT2D eigenvalue weighted by Crippen LogP contribution is 2.30. The molecule has 140 valence electrons. The van der Waals surface area contributed by atoms with Crippen LogP contribution in [0.4, 0.5) is 5.69 Å². The van der Waals surface area contributed by atoms with Crippen molar-refractivity contribution < 1.29 is 4.79 Å². The number of anilines is 1. The van der Waals surface area contributed by atoms with E-state index >= 15 is 0 Å². The Kier molecular flexibility index (Phi) is 6.18. The molecule has 1 N–H and O–H groups in total. The number of hydrogen-bond donors (Lipinski definition) is 1. The first-order valence-corrected chi connectivity index (χ1v) is 10.3. The monoisotopic (exact) mass is 379 g/mol. The second-order valence-electron chi connectivity index (χ2n) is 7.19. The molecule has 0 spiro atoms. The van der Waals surface area contributed by atoms with E-state index < -0.39 is 0 Å². The Bertz CT molecular complexity index is 901. The number of nitrogens with zero attached hydrogens (tertiary/aromatic N) is 2. The molecule has 5 heteroatoms. The van der Waals surface area contributed by atoms with E-state index in [-0.39, 0.29) is 11.2 Å². The molecule has 1 atom stereocenters. The molecule has 0 radical (unpaired) electrons. The molecule has 1 amide bonds. The van der Waals surface area contributed by atoms with Crippen molar-refractivity contribution in [3.05, 3.63) is 52.2 Å². The van der Waals surface area contributed by atoms with Crippen molar-refractivity contribution in [3.63, 3.8) is 0 Å². The fourth-order valence-electron chi connectivity index (χ4n) is 3.37. The number of hydrogen-bond acceptors (Lipinski definition) is 4. The summed E-state index contributed by atoms with van der Waals surface area (Å²) in [5, 5.41) is 12.9. The van der Waals surface area contributed by atoms with Gasteiger partial charge in [0, 0.05) is 11.4 Å². The van der Waals surface area contributed by atoms with Crippen LogP contribution in [0.2, 0.25) is 0 Å². The van der Waals surface area contributed by atoms with E-state index in [9.17, 15) is 10.1 Å². The molecule has 2 aromatic rings. The Balaban J connectivity index is 1.76. The standard InChI is InChI=1S/C22H25N3OS/c1-14-9-10-19(15(2)11-14)24-21(26)16(3)27-22-18(13-23)12-17-7-5-4-6-8-20(17)25-22/h9-12,16H,4-8H2,1-3H3,(H,24,26). The molecule has 1 aliphatic rings. The summed E-state index contributed by atoms with van der Waals surface area (Å²) >= 11 is 1.37. The first kappa shape index (κ1) is 19.4. The van der Waals surface area contributed by atoms with Crippen LogP contribution < -0.4 is 5.32 Å². The SMILES string of the molecule is Cc1ccc(NC(=O)C(C)Sc2nc3c(cc2C#N)CCCCC3)c(C)c1. The van der Waals surface area contributed by atoms with E-state index in [1.807, 2.05) is 39.0 Å². The molecule has 0 fully saturated rings. The van der Waals surface area contributed by atoms with E-state index in [4.69, 9.17) is 4.98 Å². The average Bonchev–Trinajstić information content (AvgIpc) is 2.88. The van der Waals surface area contributed by atoms with Gasteiger partial charge in [-0.25, -0.2) is 4.98 Å². The maximum Gasteiger partial charge on any atom is 0.237 e. The van der Waals surface area contributed by atoms with Crippen molar-refractivity contribution in [1.82, 2.24) is 4.98 Å². The van der Waals surface area contributed by atoms with E-state index in [0.717, 1.165) is 42.6 Å². The van der Waals surface area contributed by atoms with E-state index in [0.29, 0.717) is 10.6 Å². The molecule has 1 aromatic carbocycles. The van der Waals surface area contributed by atoms with Crippen LogP contribution in [0, 0.1) is 25.2 Å². The Morgan fingerprint density at radius 3 is 2.74 bits per heavy atom. The number of amides is 1. The van der Waals surface area contributed by atoms with Crippen molar-refractivity contribution in [3.8, 4) is 6.07 Å². The molecule has 1 unspecified atom stereocenters. The summed E-state index contributed by atoms with van der Waals surface area (Å²) in [7, 11) is 0. The van der Waals surface area contributed by atoms with Crippen molar-refractivity contribution >= 4 is 23.4 Å². The molecule has 0 saturated heterocycles. The second-order valence-corrected chi connectivity index (χ2v) is 8.52. The van der Waals surface area contributed by atoms with Crippen molar-refractivity contribution in [2.45, 2.75) is 63.2 Å². The smallest absolute Gasteiger partial charge is 0.237 e. The van der Waals surface area contributed by atoms with Crippen LogP contribution in [-0.2, 0) is 17.6 Å². The summed E-state index contributed by atoms with van der Waals surface area (Å²) in [5.74, 6) is -0.0763. The van der Waals surface area contributed by atoms with Gasteiger partial charge in [-0.3, -0.25) is 4.79 Å². The molecule has 3 rings (SSSR count). The molecule has 1 aliphatic carbocycles. The Morgan fingerprint density at radius 2 is 2.00 bits per heavy atom. The minimum Gasteiger partial charge on any atom is -0.325 e. The lowest BCUT2D eigenvalue weighted by atomic mass is 10.1. The molecule has 0 bridgehead atoms. The number of carbonyl (C=O) groups is 1. The largest absolute Gasteiger partial charge is 0.325 e. The number of fused-ring (bicyclic) bond motifs is 1. The normalized spacial score (nSPS) is 14.6. The van der Waals surface area contributed by atoms with Gasteiger partial charge in [-0.2, -0.15) is 5.26 Å². The zero-order valence-electron chi connectivity index (χ0n) is 16.1. The molecule has 0 saturated carbocycles. The summed E-state index contributed by atoms with van der Waals surface area (Å²) in [4.78, 5) is 17.4. The van der Waals surface area contributed by atoms with Gasteiger partial charge in [0.05, 0.1) is 10.8 Å². The summed E-state index contributed by atoms with van der Waals surface area (Å²) in [5.41, 5.74) is 5.90. The van der Waals surface area contributed by atoms with Crippen LogP contribution in [0.1, 0.15) is 54.1 Å². The third-order valence-corrected chi connectivity index (χ3v) is 6.04. The fraction of sp³-hybridized carbons (Fsp3) is 0.409. The highest BCUT2D eigenvalue weighted by atomic mass is 32.2. The highest BCUT2D eigenvalue weighted by molar-refractivity contribution is 8.00. The Labute approximate surface area is 165 Å². The maximum atomic E-state index is 12.7. The third kappa shape index (κ3) is 4.70. The van der Waals surface area contributed by atoms with Gasteiger partial charge in [-0.05, 0) is 69.7 Å². The van der Waals surface area contributed by atoms with Crippen LogP contribution in [0.3, 0.4) is 0 Å². The summed E-state index contributed by atoms with van der Waals surface area (Å²) in [6, 6.07) is 10.2. The summed E-state index contributed by atoms with van der Waals surface area (Å²) < 4.78 is 0. The van der Waals surface area contributed by atoms with Gasteiger partial charge >= 0.3 is 0 Å². The van der Waals surface area contributed by atoms with Crippen LogP contribution in [-0.4, -0.2) is 16.1 Å². The van der Waals surface area contributed by atoms with Gasteiger partial charge < -0.3 is 5.32 Å². The molecule has 4 nitrogen and oxygen atoms in total. The lowest BCUT2D eigenvalue weighted by Crippen LogP contribution is -2.23. The van der Waals surface area contributed by atoms with Gasteiger partial charge in [0.1, 0.15) is 11.1 Å². The van der Waals surface area contributed by atoms with Crippen molar-refractivity contribution in [2.24, 2.45) is 0 Å². The van der Waals surface area contributed by atoms with E-state index in [2.05, 4.69) is 17.5 Å². The van der Waals surface area contributed by atoms with E-state index in [1.165, 1.54) is 29.3 Å². The zero-order valence-corrected chi connectivity index (χ0v) is 16.9. The average molecular weight is 380 g/mol. The third-order valence-electron chi connectivity index (χ3n) is 4.93. The quantitative estimate of drug-likeness (QED) is 0.602. The van der Waals surface area contributed by atoms with Gasteiger partial charge in [-0.15, -0.1) is 0 Å². The minimum atomic E-state index is -0.339. The molecule has 1 heterocycles. The molecular weight excluding hydrogens is 354 g/mol. The first-order chi connectivity index (χ1) is 13.0. The number of nitriles is 1. The first-order valence-electron chi connectivity index (χ1n) is 9.45. The van der Waals surface area contributed by atoms with Crippen LogP contribution in [0.25, 0.3) is 0 Å². The number of aromatic nitrogens is 1. The van der Waals surface area contributed by atoms with Crippen LogP contribution in [0.15, 0.2) is 29.3 Å². The molecular formula is C22H25N3OS. The number of pyridine rings is 1.